The minimum absolute atomic E-state index is 0.0590. The number of aromatic hydroxyl groups is 1. The van der Waals surface area contributed by atoms with Crippen LogP contribution in [0.1, 0.15) is 26.2 Å². The zero-order chi connectivity index (χ0) is 17.1. The summed E-state index contributed by atoms with van der Waals surface area (Å²) in [6.07, 6.45) is 1.59. The van der Waals surface area contributed by atoms with Crippen LogP contribution in [0.15, 0.2) is 40.2 Å². The lowest BCUT2D eigenvalue weighted by Crippen LogP contribution is -2.01. The Bertz CT molecular complexity index is 881. The fourth-order valence-corrected chi connectivity index (χ4v) is 3.52. The van der Waals surface area contributed by atoms with E-state index >= 15 is 0 Å². The maximum Gasteiger partial charge on any atom is 0.222 e. The summed E-state index contributed by atoms with van der Waals surface area (Å²) in [5, 5.41) is 18.0. The first-order chi connectivity index (χ1) is 11.7. The van der Waals surface area contributed by atoms with Crippen LogP contribution in [-0.4, -0.2) is 15.5 Å². The zero-order valence-electron chi connectivity index (χ0n) is 13.4. The number of nitroso groups, excluding NO2 is 1. The number of fused-ring (bicyclic) bond motifs is 1. The smallest absolute Gasteiger partial charge is 0.222 e. The molecule has 0 amide bonds. The van der Waals surface area contributed by atoms with Gasteiger partial charge in [-0.25, -0.2) is 0 Å². The molecule has 0 fully saturated rings. The highest BCUT2D eigenvalue weighted by molar-refractivity contribution is 7.08. The van der Waals surface area contributed by atoms with Gasteiger partial charge >= 0.3 is 0 Å². The second-order valence-electron chi connectivity index (χ2n) is 5.65. The molecule has 0 atom stereocenters. The molecule has 3 rings (SSSR count). The number of ketones is 1. The van der Waals surface area contributed by atoms with E-state index in [1.807, 2.05) is 41.9 Å². The lowest BCUT2D eigenvalue weighted by atomic mass is 10.1. The second-order valence-corrected chi connectivity index (χ2v) is 6.43. The molecule has 2 heterocycles. The van der Waals surface area contributed by atoms with Crippen LogP contribution in [0.25, 0.3) is 22.0 Å². The van der Waals surface area contributed by atoms with Crippen LogP contribution >= 0.6 is 11.3 Å². The van der Waals surface area contributed by atoms with Crippen molar-refractivity contribution in [3.63, 3.8) is 0 Å². The van der Waals surface area contributed by atoms with Crippen molar-refractivity contribution in [1.29, 1.82) is 0 Å². The van der Waals surface area contributed by atoms with Gasteiger partial charge in [-0.3, -0.25) is 4.79 Å². The van der Waals surface area contributed by atoms with E-state index in [-0.39, 0.29) is 17.4 Å². The first-order valence-corrected chi connectivity index (χ1v) is 8.82. The fourth-order valence-electron chi connectivity index (χ4n) is 2.85. The number of rotatable bonds is 7. The first-order valence-electron chi connectivity index (χ1n) is 7.88. The highest BCUT2D eigenvalue weighted by Crippen LogP contribution is 2.40. The fraction of sp³-hybridized carbons (Fsp3) is 0.278. The SMILES string of the molecule is CCC(=O)CCCn1c(O)c(N=O)c2ccc(-c3ccsc3)cc21. The maximum atomic E-state index is 11.5. The van der Waals surface area contributed by atoms with Crippen molar-refractivity contribution in [3.8, 4) is 17.0 Å². The van der Waals surface area contributed by atoms with Gasteiger partial charge in [0.05, 0.1) is 5.52 Å². The highest BCUT2D eigenvalue weighted by atomic mass is 32.1. The molecule has 0 saturated carbocycles. The molecular weight excluding hydrogens is 324 g/mol. The van der Waals surface area contributed by atoms with Crippen LogP contribution in [0.3, 0.4) is 0 Å². The Labute approximate surface area is 143 Å². The van der Waals surface area contributed by atoms with E-state index < -0.39 is 0 Å². The molecular formula is C18H18N2O3S. The van der Waals surface area contributed by atoms with E-state index in [1.54, 1.807) is 15.9 Å². The van der Waals surface area contributed by atoms with E-state index in [2.05, 4.69) is 5.18 Å². The summed E-state index contributed by atoms with van der Waals surface area (Å²) in [6, 6.07) is 7.71. The minimum atomic E-state index is -0.133. The van der Waals surface area contributed by atoms with Crippen molar-refractivity contribution in [3.05, 3.63) is 39.9 Å². The maximum absolute atomic E-state index is 11.5. The van der Waals surface area contributed by atoms with Gasteiger partial charge in [0.25, 0.3) is 0 Å². The molecule has 6 heteroatoms. The van der Waals surface area contributed by atoms with Gasteiger partial charge in [0.1, 0.15) is 5.78 Å². The average molecular weight is 342 g/mol. The van der Waals surface area contributed by atoms with E-state index in [9.17, 15) is 14.8 Å². The summed E-state index contributed by atoms with van der Waals surface area (Å²) >= 11 is 1.61. The Kier molecular flexibility index (Phi) is 4.76. The van der Waals surface area contributed by atoms with Crippen LogP contribution in [0, 0.1) is 4.91 Å². The van der Waals surface area contributed by atoms with Crippen LogP contribution < -0.4 is 0 Å². The number of aryl methyl sites for hydroxylation is 1. The van der Waals surface area contributed by atoms with Gasteiger partial charge in [-0.2, -0.15) is 11.3 Å². The molecule has 0 unspecified atom stereocenters. The molecule has 1 N–H and O–H groups in total. The Morgan fingerprint density at radius 2 is 2.12 bits per heavy atom. The largest absolute Gasteiger partial charge is 0.493 e. The van der Waals surface area contributed by atoms with Crippen LogP contribution in [0.2, 0.25) is 0 Å². The van der Waals surface area contributed by atoms with Crippen LogP contribution in [0.5, 0.6) is 5.88 Å². The van der Waals surface area contributed by atoms with Crippen molar-refractivity contribution in [1.82, 2.24) is 4.57 Å². The molecule has 24 heavy (non-hydrogen) atoms. The summed E-state index contributed by atoms with van der Waals surface area (Å²) < 4.78 is 1.67. The number of hydrogen-bond donors (Lipinski definition) is 1. The monoisotopic (exact) mass is 342 g/mol. The standard InChI is InChI=1S/C18H18N2O3S/c1-2-14(21)4-3-8-20-16-10-12(13-7-9-24-11-13)5-6-15(16)17(19-23)18(20)22/h5-7,9-11,22H,2-4,8H2,1H3. The van der Waals surface area contributed by atoms with Crippen LogP contribution in [0.4, 0.5) is 5.69 Å². The Morgan fingerprint density at radius 1 is 1.29 bits per heavy atom. The van der Waals surface area contributed by atoms with Gasteiger partial charge in [-0.1, -0.05) is 13.0 Å². The topological polar surface area (TPSA) is 71.7 Å². The highest BCUT2D eigenvalue weighted by Gasteiger charge is 2.18. The molecule has 124 valence electrons. The number of aromatic nitrogens is 1. The van der Waals surface area contributed by atoms with E-state index in [4.69, 9.17) is 0 Å². The zero-order valence-corrected chi connectivity index (χ0v) is 14.2. The van der Waals surface area contributed by atoms with Crippen LogP contribution in [-0.2, 0) is 11.3 Å². The molecule has 0 saturated heterocycles. The molecule has 0 radical (unpaired) electrons. The summed E-state index contributed by atoms with van der Waals surface area (Å²) in [6.45, 7) is 2.31. The number of thiophene rings is 1. The van der Waals surface area contributed by atoms with Crippen molar-refractivity contribution in [2.45, 2.75) is 32.7 Å². The van der Waals surface area contributed by atoms with Crippen molar-refractivity contribution in [2.24, 2.45) is 5.18 Å². The van der Waals surface area contributed by atoms with Gasteiger partial charge in [-0.15, -0.1) is 4.91 Å². The lowest BCUT2D eigenvalue weighted by molar-refractivity contribution is -0.118. The normalized spacial score (nSPS) is 11.0. The molecule has 0 bridgehead atoms. The van der Waals surface area contributed by atoms with Gasteiger partial charge in [0.15, 0.2) is 5.69 Å². The third-order valence-electron chi connectivity index (χ3n) is 4.19. The molecule has 0 aliphatic carbocycles. The van der Waals surface area contributed by atoms with Crippen molar-refractivity contribution < 1.29 is 9.90 Å². The summed E-state index contributed by atoms with van der Waals surface area (Å²) in [5.41, 5.74) is 2.93. The Morgan fingerprint density at radius 3 is 2.79 bits per heavy atom. The quantitative estimate of drug-likeness (QED) is 0.597. The predicted octanol–water partition coefficient (Wildman–Crippen LogP) is 5.23. The Balaban J connectivity index is 2.02. The van der Waals surface area contributed by atoms with Crippen molar-refractivity contribution in [2.75, 3.05) is 0 Å². The number of Topliss-reactive ketones (excluding diaryl/α,β-unsaturated/α-hetero) is 1. The molecule has 3 aromatic rings. The first kappa shape index (κ1) is 16.4. The molecule has 0 spiro atoms. The number of hydrogen-bond acceptors (Lipinski definition) is 5. The van der Waals surface area contributed by atoms with E-state index in [0.717, 1.165) is 16.6 Å². The third kappa shape index (κ3) is 2.97. The predicted molar refractivity (Wildman–Crippen MR) is 96.9 cm³/mol. The molecule has 2 aromatic heterocycles. The number of carbonyl (C=O) groups is 1. The molecule has 0 aliphatic rings. The van der Waals surface area contributed by atoms with E-state index in [1.165, 1.54) is 0 Å². The van der Waals surface area contributed by atoms with Gasteiger partial charge in [0.2, 0.25) is 5.88 Å². The van der Waals surface area contributed by atoms with Crippen molar-refractivity contribution >= 4 is 33.7 Å². The third-order valence-corrected chi connectivity index (χ3v) is 4.87. The lowest BCUT2D eigenvalue weighted by Gasteiger charge is -2.07. The minimum Gasteiger partial charge on any atom is -0.493 e. The van der Waals surface area contributed by atoms with Gasteiger partial charge < -0.3 is 9.67 Å². The Hall–Kier alpha value is -2.47. The number of nitrogens with zero attached hydrogens (tertiary/aromatic N) is 2. The van der Waals surface area contributed by atoms with Gasteiger partial charge in [0, 0.05) is 24.8 Å². The summed E-state index contributed by atoms with van der Waals surface area (Å²) in [4.78, 5) is 22.6. The number of carbonyl (C=O) groups excluding carboxylic acids is 1. The number of benzene rings is 1. The summed E-state index contributed by atoms with van der Waals surface area (Å²) in [7, 11) is 0. The molecule has 0 aliphatic heterocycles. The molecule has 5 nitrogen and oxygen atoms in total. The second kappa shape index (κ2) is 6.97. The summed E-state index contributed by atoms with van der Waals surface area (Å²) in [5.74, 6) is 0.0602. The van der Waals surface area contributed by atoms with Gasteiger partial charge in [-0.05, 0) is 51.7 Å². The average Bonchev–Trinajstić information content (AvgIpc) is 3.21. The van der Waals surface area contributed by atoms with E-state index in [0.29, 0.717) is 31.2 Å². The molecule has 1 aromatic carbocycles.